The summed E-state index contributed by atoms with van der Waals surface area (Å²) >= 11 is 0. The third-order valence-electron chi connectivity index (χ3n) is 5.02. The zero-order valence-corrected chi connectivity index (χ0v) is 13.3. The van der Waals surface area contributed by atoms with Crippen LogP contribution in [0.25, 0.3) is 0 Å². The highest BCUT2D eigenvalue weighted by molar-refractivity contribution is 5.50. The summed E-state index contributed by atoms with van der Waals surface area (Å²) in [6, 6.07) is 19.3. The Morgan fingerprint density at radius 2 is 1.48 bits per heavy atom. The molecule has 3 aliphatic heterocycles. The second-order valence-corrected chi connectivity index (χ2v) is 6.58. The Balaban J connectivity index is 1.41. The van der Waals surface area contributed by atoms with Gasteiger partial charge in [-0.05, 0) is 68.2 Å². The number of rotatable bonds is 2. The van der Waals surface area contributed by atoms with Crippen LogP contribution in [-0.4, -0.2) is 30.6 Å². The van der Waals surface area contributed by atoms with E-state index in [2.05, 4.69) is 46.3 Å². The molecule has 0 aliphatic carbocycles. The fourth-order valence-electron chi connectivity index (χ4n) is 3.66. The number of benzene rings is 2. The van der Waals surface area contributed by atoms with Gasteiger partial charge in [0.25, 0.3) is 0 Å². The molecule has 0 amide bonds. The van der Waals surface area contributed by atoms with Gasteiger partial charge in [-0.15, -0.1) is 0 Å². The molecule has 5 rings (SSSR count). The fourth-order valence-corrected chi connectivity index (χ4v) is 3.66. The molecule has 2 heteroatoms. The molecule has 2 aromatic rings. The molecule has 0 spiro atoms. The number of hydrogen-bond acceptors (Lipinski definition) is 2. The van der Waals surface area contributed by atoms with Gasteiger partial charge in [0.2, 0.25) is 0 Å². The molecule has 0 aromatic heterocycles. The summed E-state index contributed by atoms with van der Waals surface area (Å²) in [5, 5.41) is 3.72. The molecule has 3 saturated heterocycles. The van der Waals surface area contributed by atoms with Crippen LogP contribution in [0.2, 0.25) is 0 Å². The Morgan fingerprint density at radius 3 is 2.09 bits per heavy atom. The van der Waals surface area contributed by atoms with E-state index in [1.807, 2.05) is 30.3 Å². The van der Waals surface area contributed by atoms with Crippen molar-refractivity contribution in [2.24, 2.45) is 5.92 Å². The number of hydrogen-bond donors (Lipinski definition) is 1. The Morgan fingerprint density at radius 1 is 0.826 bits per heavy atom. The molecule has 3 fully saturated rings. The summed E-state index contributed by atoms with van der Waals surface area (Å²) in [7, 11) is 0. The summed E-state index contributed by atoms with van der Waals surface area (Å²) in [4.78, 5) is 2.58. The van der Waals surface area contributed by atoms with E-state index in [4.69, 9.17) is 0 Å². The highest BCUT2D eigenvalue weighted by Crippen LogP contribution is 2.29. The van der Waals surface area contributed by atoms with Crippen LogP contribution in [0.1, 0.15) is 24.0 Å². The summed E-state index contributed by atoms with van der Waals surface area (Å²) in [5.41, 5.74) is 3.34. The van der Waals surface area contributed by atoms with Crippen LogP contribution in [0, 0.1) is 17.8 Å². The van der Waals surface area contributed by atoms with Gasteiger partial charge in [0.05, 0.1) is 0 Å². The Hall–Kier alpha value is -2.24. The van der Waals surface area contributed by atoms with Crippen molar-refractivity contribution in [3.05, 3.63) is 65.7 Å². The molecule has 1 unspecified atom stereocenters. The molecule has 116 valence electrons. The van der Waals surface area contributed by atoms with Crippen molar-refractivity contribution in [3.8, 4) is 11.8 Å². The van der Waals surface area contributed by atoms with E-state index < -0.39 is 0 Å². The van der Waals surface area contributed by atoms with Crippen molar-refractivity contribution in [1.29, 1.82) is 0 Å². The van der Waals surface area contributed by atoms with E-state index in [1.165, 1.54) is 38.2 Å². The second kappa shape index (κ2) is 6.48. The van der Waals surface area contributed by atoms with Gasteiger partial charge in [-0.1, -0.05) is 30.0 Å². The number of fused-ring (bicyclic) bond motifs is 3. The summed E-state index contributed by atoms with van der Waals surface area (Å²) in [6.07, 6.45) is 2.69. The lowest BCUT2D eigenvalue weighted by Crippen LogP contribution is -2.53. The minimum Gasteiger partial charge on any atom is -0.381 e. The van der Waals surface area contributed by atoms with Crippen molar-refractivity contribution >= 4 is 5.69 Å². The van der Waals surface area contributed by atoms with Gasteiger partial charge >= 0.3 is 0 Å². The third-order valence-corrected chi connectivity index (χ3v) is 5.02. The van der Waals surface area contributed by atoms with E-state index in [1.54, 1.807) is 0 Å². The molecule has 1 N–H and O–H groups in total. The van der Waals surface area contributed by atoms with E-state index in [0.717, 1.165) is 17.0 Å². The topological polar surface area (TPSA) is 15.3 Å². The number of anilines is 1. The van der Waals surface area contributed by atoms with Crippen molar-refractivity contribution in [1.82, 2.24) is 4.90 Å². The fraction of sp³-hybridized carbons (Fsp3) is 0.333. The minimum atomic E-state index is 0.610. The van der Waals surface area contributed by atoms with Gasteiger partial charge in [-0.3, -0.25) is 0 Å². The van der Waals surface area contributed by atoms with E-state index >= 15 is 0 Å². The van der Waals surface area contributed by atoms with Crippen LogP contribution in [-0.2, 0) is 0 Å². The predicted molar refractivity (Wildman–Crippen MR) is 95.4 cm³/mol. The van der Waals surface area contributed by atoms with Crippen molar-refractivity contribution < 1.29 is 0 Å². The minimum absolute atomic E-state index is 0.610. The first-order valence-corrected chi connectivity index (χ1v) is 8.53. The van der Waals surface area contributed by atoms with Crippen LogP contribution >= 0.6 is 0 Å². The number of nitrogens with zero attached hydrogens (tertiary/aromatic N) is 1. The van der Waals surface area contributed by atoms with Gasteiger partial charge in [0.15, 0.2) is 0 Å². The molecule has 0 saturated carbocycles. The molecular formula is C21H22N2. The van der Waals surface area contributed by atoms with Crippen LogP contribution in [0.4, 0.5) is 5.69 Å². The van der Waals surface area contributed by atoms with Crippen molar-refractivity contribution in [2.75, 3.05) is 25.0 Å². The predicted octanol–water partition coefficient (Wildman–Crippen LogP) is 3.59. The maximum absolute atomic E-state index is 3.72. The standard InChI is InChI=1S/C21H22N2/c1-2-4-17(5-3-1)6-7-18-8-10-20(11-9-18)22-21-16-23-14-12-19(21)13-15-23/h1-5,8-11,19,21-22H,12-16H2. The van der Waals surface area contributed by atoms with Gasteiger partial charge in [-0.25, -0.2) is 0 Å². The Bertz CT molecular complexity index is 701. The maximum atomic E-state index is 3.72. The van der Waals surface area contributed by atoms with Crippen LogP contribution in [0.15, 0.2) is 54.6 Å². The Kier molecular flexibility index (Phi) is 4.05. The number of nitrogens with one attached hydrogen (secondary N) is 1. The largest absolute Gasteiger partial charge is 0.381 e. The summed E-state index contributed by atoms with van der Waals surface area (Å²) in [6.45, 7) is 3.77. The summed E-state index contributed by atoms with van der Waals surface area (Å²) in [5.74, 6) is 7.28. The van der Waals surface area contributed by atoms with Gasteiger partial charge in [0.1, 0.15) is 0 Å². The third kappa shape index (κ3) is 3.41. The quantitative estimate of drug-likeness (QED) is 0.853. The molecule has 3 aliphatic rings. The maximum Gasteiger partial charge on any atom is 0.0417 e. The zero-order chi connectivity index (χ0) is 15.5. The smallest absolute Gasteiger partial charge is 0.0417 e. The molecule has 23 heavy (non-hydrogen) atoms. The Labute approximate surface area is 138 Å². The molecule has 3 heterocycles. The lowest BCUT2D eigenvalue weighted by atomic mass is 9.84. The molecule has 0 radical (unpaired) electrons. The first-order valence-electron chi connectivity index (χ1n) is 8.53. The van der Waals surface area contributed by atoms with Crippen LogP contribution in [0.5, 0.6) is 0 Å². The average molecular weight is 302 g/mol. The summed E-state index contributed by atoms with van der Waals surface area (Å²) < 4.78 is 0. The lowest BCUT2D eigenvalue weighted by Gasteiger charge is -2.45. The van der Waals surface area contributed by atoms with Gasteiger partial charge < -0.3 is 10.2 Å². The van der Waals surface area contributed by atoms with Crippen molar-refractivity contribution in [2.45, 2.75) is 18.9 Å². The normalized spacial score (nSPS) is 25.5. The van der Waals surface area contributed by atoms with E-state index in [-0.39, 0.29) is 0 Å². The first kappa shape index (κ1) is 14.4. The van der Waals surface area contributed by atoms with Gasteiger partial charge in [0, 0.05) is 29.4 Å². The molecular weight excluding hydrogens is 280 g/mol. The molecule has 2 nitrogen and oxygen atoms in total. The van der Waals surface area contributed by atoms with Gasteiger partial charge in [-0.2, -0.15) is 0 Å². The highest BCUT2D eigenvalue weighted by Gasteiger charge is 2.33. The molecule has 2 aromatic carbocycles. The monoisotopic (exact) mass is 302 g/mol. The number of piperidine rings is 3. The zero-order valence-electron chi connectivity index (χ0n) is 13.3. The molecule has 2 bridgehead atoms. The molecule has 1 atom stereocenters. The van der Waals surface area contributed by atoms with Crippen LogP contribution in [0.3, 0.4) is 0 Å². The van der Waals surface area contributed by atoms with Crippen LogP contribution < -0.4 is 5.32 Å². The highest BCUT2D eigenvalue weighted by atomic mass is 15.2. The van der Waals surface area contributed by atoms with E-state index in [9.17, 15) is 0 Å². The average Bonchev–Trinajstić information content (AvgIpc) is 2.63. The second-order valence-electron chi connectivity index (χ2n) is 6.58. The SMILES string of the molecule is C(#Cc1ccc(NC2CN3CCC2CC3)cc1)c1ccccc1. The van der Waals surface area contributed by atoms with E-state index in [0.29, 0.717) is 6.04 Å². The first-order chi connectivity index (χ1) is 11.4. The van der Waals surface area contributed by atoms with Crippen molar-refractivity contribution in [3.63, 3.8) is 0 Å². The lowest BCUT2D eigenvalue weighted by molar-refractivity contribution is 0.0975.